The van der Waals surface area contributed by atoms with Gasteiger partial charge in [0.05, 0.1) is 12.3 Å². The number of anilines is 1. The lowest BCUT2D eigenvalue weighted by molar-refractivity contribution is 0.133. The number of para-hydroxylation sites is 1. The number of aliphatic hydroxyl groups excluding tert-OH is 1. The summed E-state index contributed by atoms with van der Waals surface area (Å²) in [5, 5.41) is 9.18. The molecule has 5 heteroatoms. The van der Waals surface area contributed by atoms with Crippen molar-refractivity contribution in [2.45, 2.75) is 19.4 Å². The summed E-state index contributed by atoms with van der Waals surface area (Å²) >= 11 is 0. The van der Waals surface area contributed by atoms with Gasteiger partial charge in [-0.05, 0) is 18.6 Å². The van der Waals surface area contributed by atoms with Gasteiger partial charge in [0.1, 0.15) is 13.2 Å². The molecule has 1 saturated heterocycles. The van der Waals surface area contributed by atoms with Crippen molar-refractivity contribution >= 4 is 5.69 Å². The van der Waals surface area contributed by atoms with Crippen LogP contribution < -0.4 is 14.4 Å². The summed E-state index contributed by atoms with van der Waals surface area (Å²) in [5.41, 5.74) is 1.13. The van der Waals surface area contributed by atoms with Crippen LogP contribution in [0, 0.1) is 0 Å². The van der Waals surface area contributed by atoms with Crippen LogP contribution >= 0.6 is 0 Å². The van der Waals surface area contributed by atoms with Crippen molar-refractivity contribution in [3.8, 4) is 11.5 Å². The first-order chi connectivity index (χ1) is 10.3. The molecule has 0 amide bonds. The van der Waals surface area contributed by atoms with Gasteiger partial charge in [0.2, 0.25) is 0 Å². The molecule has 1 aromatic carbocycles. The van der Waals surface area contributed by atoms with Gasteiger partial charge in [-0.25, -0.2) is 0 Å². The fourth-order valence-electron chi connectivity index (χ4n) is 3.23. The Labute approximate surface area is 126 Å². The minimum absolute atomic E-state index is 0.230. The van der Waals surface area contributed by atoms with E-state index >= 15 is 0 Å². The second-order valence-electron chi connectivity index (χ2n) is 5.57. The number of ether oxygens (including phenoxy) is 2. The highest BCUT2D eigenvalue weighted by Gasteiger charge is 2.28. The maximum absolute atomic E-state index is 9.18. The first-order valence-electron chi connectivity index (χ1n) is 7.82. The largest absolute Gasteiger partial charge is 0.486 e. The van der Waals surface area contributed by atoms with Gasteiger partial charge >= 0.3 is 0 Å². The van der Waals surface area contributed by atoms with Gasteiger partial charge in [0.15, 0.2) is 11.5 Å². The first kappa shape index (κ1) is 14.5. The Balaban J connectivity index is 1.79. The van der Waals surface area contributed by atoms with Gasteiger partial charge in [0, 0.05) is 32.2 Å². The third kappa shape index (κ3) is 2.94. The molecule has 1 atom stereocenters. The molecule has 2 aliphatic rings. The summed E-state index contributed by atoms with van der Waals surface area (Å²) in [6, 6.07) is 6.59. The summed E-state index contributed by atoms with van der Waals surface area (Å²) in [5.74, 6) is 1.73. The number of β-amino-alcohol motifs (C(OH)–C–C–N with tert-alkyl or cyclic N) is 1. The Morgan fingerprint density at radius 1 is 1.24 bits per heavy atom. The molecule has 3 rings (SSSR count). The SMILES string of the molecule is CC[C@@H]1CN(c2cccc3c2OCCO3)CCN1CCO. The van der Waals surface area contributed by atoms with Crippen LogP contribution in [0.25, 0.3) is 0 Å². The average molecular weight is 292 g/mol. The van der Waals surface area contributed by atoms with Crippen LogP contribution in [0.5, 0.6) is 11.5 Å². The molecule has 2 heterocycles. The monoisotopic (exact) mass is 292 g/mol. The molecule has 0 saturated carbocycles. The van der Waals surface area contributed by atoms with Gasteiger partial charge in [-0.15, -0.1) is 0 Å². The van der Waals surface area contributed by atoms with E-state index in [1.54, 1.807) is 0 Å². The quantitative estimate of drug-likeness (QED) is 0.907. The highest BCUT2D eigenvalue weighted by molar-refractivity contribution is 5.65. The number of hydrogen-bond acceptors (Lipinski definition) is 5. The maximum Gasteiger partial charge on any atom is 0.184 e. The molecule has 0 bridgehead atoms. The average Bonchev–Trinajstić information content (AvgIpc) is 2.55. The van der Waals surface area contributed by atoms with E-state index in [0.717, 1.165) is 49.8 Å². The van der Waals surface area contributed by atoms with Crippen LogP contribution in [0.1, 0.15) is 13.3 Å². The second-order valence-corrected chi connectivity index (χ2v) is 5.57. The van der Waals surface area contributed by atoms with Crippen LogP contribution in [0.2, 0.25) is 0 Å². The van der Waals surface area contributed by atoms with Crippen molar-refractivity contribution in [2.75, 3.05) is 50.9 Å². The third-order valence-corrected chi connectivity index (χ3v) is 4.35. The number of piperazine rings is 1. The fraction of sp³-hybridized carbons (Fsp3) is 0.625. The highest BCUT2D eigenvalue weighted by Crippen LogP contribution is 2.40. The van der Waals surface area contributed by atoms with Crippen LogP contribution in [0.4, 0.5) is 5.69 Å². The molecule has 21 heavy (non-hydrogen) atoms. The number of aliphatic hydroxyl groups is 1. The fourth-order valence-corrected chi connectivity index (χ4v) is 3.23. The van der Waals surface area contributed by atoms with E-state index in [1.165, 1.54) is 0 Å². The lowest BCUT2D eigenvalue weighted by Gasteiger charge is -2.42. The van der Waals surface area contributed by atoms with E-state index in [1.807, 2.05) is 12.1 Å². The molecule has 0 radical (unpaired) electrons. The Hall–Kier alpha value is -1.46. The number of hydrogen-bond donors (Lipinski definition) is 1. The number of benzene rings is 1. The van der Waals surface area contributed by atoms with E-state index in [2.05, 4.69) is 22.8 Å². The number of rotatable bonds is 4. The smallest absolute Gasteiger partial charge is 0.184 e. The summed E-state index contributed by atoms with van der Waals surface area (Å²) in [6.07, 6.45) is 1.09. The zero-order chi connectivity index (χ0) is 14.7. The molecule has 1 N–H and O–H groups in total. The molecule has 0 spiro atoms. The Morgan fingerprint density at radius 3 is 2.90 bits per heavy atom. The standard InChI is InChI=1S/C16H24N2O3/c1-2-13-12-18(7-6-17(13)8-9-19)14-4-3-5-15-16(14)21-11-10-20-15/h3-5,13,19H,2,6-12H2,1H3/t13-/m1/s1. The Kier molecular flexibility index (Phi) is 4.51. The predicted molar refractivity (Wildman–Crippen MR) is 82.4 cm³/mol. The van der Waals surface area contributed by atoms with Crippen LogP contribution in [-0.4, -0.2) is 62.0 Å². The summed E-state index contributed by atoms with van der Waals surface area (Å²) in [6.45, 7) is 7.34. The molecule has 1 aromatic rings. The second kappa shape index (κ2) is 6.54. The lowest BCUT2D eigenvalue weighted by Crippen LogP contribution is -2.53. The van der Waals surface area contributed by atoms with Crippen molar-refractivity contribution in [3.05, 3.63) is 18.2 Å². The molecule has 116 valence electrons. The first-order valence-corrected chi connectivity index (χ1v) is 7.82. The van der Waals surface area contributed by atoms with Crippen molar-refractivity contribution in [2.24, 2.45) is 0 Å². The Morgan fingerprint density at radius 2 is 2.10 bits per heavy atom. The van der Waals surface area contributed by atoms with E-state index in [-0.39, 0.29) is 6.61 Å². The summed E-state index contributed by atoms with van der Waals surface area (Å²) in [7, 11) is 0. The number of fused-ring (bicyclic) bond motifs is 1. The lowest BCUT2D eigenvalue weighted by atomic mass is 10.1. The molecule has 0 unspecified atom stereocenters. The van der Waals surface area contributed by atoms with Gasteiger partial charge < -0.3 is 19.5 Å². The third-order valence-electron chi connectivity index (χ3n) is 4.35. The summed E-state index contributed by atoms with van der Waals surface area (Å²) in [4.78, 5) is 4.76. The van der Waals surface area contributed by atoms with E-state index in [9.17, 15) is 5.11 Å². The Bertz CT molecular complexity index is 481. The zero-order valence-electron chi connectivity index (χ0n) is 12.6. The van der Waals surface area contributed by atoms with Gasteiger partial charge in [-0.2, -0.15) is 0 Å². The van der Waals surface area contributed by atoms with E-state index < -0.39 is 0 Å². The van der Waals surface area contributed by atoms with Crippen LogP contribution in [-0.2, 0) is 0 Å². The maximum atomic E-state index is 9.18. The molecular formula is C16H24N2O3. The molecule has 0 aliphatic carbocycles. The van der Waals surface area contributed by atoms with Gasteiger partial charge in [-0.3, -0.25) is 4.90 Å². The van der Waals surface area contributed by atoms with Crippen molar-refractivity contribution in [1.82, 2.24) is 4.90 Å². The molecule has 0 aromatic heterocycles. The minimum atomic E-state index is 0.230. The van der Waals surface area contributed by atoms with Crippen LogP contribution in [0.3, 0.4) is 0 Å². The molecule has 2 aliphatic heterocycles. The van der Waals surface area contributed by atoms with Crippen molar-refractivity contribution < 1.29 is 14.6 Å². The minimum Gasteiger partial charge on any atom is -0.486 e. The number of nitrogens with zero attached hydrogens (tertiary/aromatic N) is 2. The van der Waals surface area contributed by atoms with Crippen LogP contribution in [0.15, 0.2) is 18.2 Å². The summed E-state index contributed by atoms with van der Waals surface area (Å²) < 4.78 is 11.5. The normalized spacial score (nSPS) is 22.4. The topological polar surface area (TPSA) is 45.2 Å². The predicted octanol–water partition coefficient (Wildman–Crippen LogP) is 1.35. The van der Waals surface area contributed by atoms with Gasteiger partial charge in [-0.1, -0.05) is 13.0 Å². The zero-order valence-corrected chi connectivity index (χ0v) is 12.6. The molecular weight excluding hydrogens is 268 g/mol. The van der Waals surface area contributed by atoms with E-state index in [4.69, 9.17) is 9.47 Å². The van der Waals surface area contributed by atoms with Gasteiger partial charge in [0.25, 0.3) is 0 Å². The highest BCUT2D eigenvalue weighted by atomic mass is 16.6. The van der Waals surface area contributed by atoms with E-state index in [0.29, 0.717) is 19.3 Å². The van der Waals surface area contributed by atoms with Crippen molar-refractivity contribution in [1.29, 1.82) is 0 Å². The molecule has 1 fully saturated rings. The molecule has 5 nitrogen and oxygen atoms in total. The van der Waals surface area contributed by atoms with Crippen molar-refractivity contribution in [3.63, 3.8) is 0 Å².